The second kappa shape index (κ2) is 9.31. The van der Waals surface area contributed by atoms with Crippen LogP contribution in [0.25, 0.3) is 5.57 Å². The van der Waals surface area contributed by atoms with E-state index >= 15 is 0 Å². The van der Waals surface area contributed by atoms with Gasteiger partial charge in [0.25, 0.3) is 0 Å². The summed E-state index contributed by atoms with van der Waals surface area (Å²) >= 11 is 1.58. The van der Waals surface area contributed by atoms with Gasteiger partial charge in [0.05, 0.1) is 0 Å². The topological polar surface area (TPSA) is 25.9 Å². The highest BCUT2D eigenvalue weighted by Crippen LogP contribution is 2.51. The third-order valence-electron chi connectivity index (χ3n) is 8.90. The zero-order chi connectivity index (χ0) is 30.2. The first-order valence-corrected chi connectivity index (χ1v) is 14.9. The summed E-state index contributed by atoms with van der Waals surface area (Å²) in [6, 6.07) is 7.94. The van der Waals surface area contributed by atoms with Gasteiger partial charge in [0, 0.05) is 26.2 Å². The van der Waals surface area contributed by atoms with E-state index in [0.717, 1.165) is 32.2 Å². The van der Waals surface area contributed by atoms with Gasteiger partial charge < -0.3 is 18.9 Å². The zero-order valence-corrected chi connectivity index (χ0v) is 23.8. The van der Waals surface area contributed by atoms with Gasteiger partial charge in [0.2, 0.25) is 0 Å². The van der Waals surface area contributed by atoms with E-state index in [9.17, 15) is 0 Å². The highest BCUT2D eigenvalue weighted by Gasteiger charge is 2.50. The first kappa shape index (κ1) is 21.8. The molecule has 0 radical (unpaired) electrons. The Morgan fingerprint density at radius 1 is 0.756 bits per heavy atom. The summed E-state index contributed by atoms with van der Waals surface area (Å²) in [7, 11) is 0. The number of aryl methyl sites for hydroxylation is 1. The molecular weight excluding hydrogens is 518 g/mol. The largest absolute Gasteiger partial charge is 0.423 e. The summed E-state index contributed by atoms with van der Waals surface area (Å²) in [6.45, 7) is 1.92. The molecule has 0 aliphatic carbocycles. The smallest absolute Gasteiger partial charge is 0.380 e. The van der Waals surface area contributed by atoms with Crippen molar-refractivity contribution in [3.05, 3.63) is 144 Å². The molecule has 41 heavy (non-hydrogen) atoms. The first-order chi connectivity index (χ1) is 21.2. The van der Waals surface area contributed by atoms with E-state index in [1.807, 2.05) is 24.4 Å². The minimum atomic E-state index is -2.29. The second-order valence-electron chi connectivity index (χ2n) is 11.5. The molecule has 196 valence electrons. The number of benzene rings is 1. The van der Waals surface area contributed by atoms with E-state index in [-0.39, 0.29) is 33.3 Å². The van der Waals surface area contributed by atoms with Gasteiger partial charge in [0.15, 0.2) is 0 Å². The predicted octanol–water partition coefficient (Wildman–Crippen LogP) is 5.67. The SMILES string of the molecule is [2H]C([2H])([2H])c1ccc2c(c1C1=CN3B4C=CC=CN4B4C=CC=CN4B4C=CC=CN4B3C=C1)Sc1ncccc1C2(C)C. The van der Waals surface area contributed by atoms with E-state index < -0.39 is 6.85 Å². The average Bonchev–Trinajstić information content (AvgIpc) is 3.03. The summed E-state index contributed by atoms with van der Waals surface area (Å²) in [4.78, 5) is 5.70. The summed E-state index contributed by atoms with van der Waals surface area (Å²) in [5.74, 6) is 8.90. The van der Waals surface area contributed by atoms with Crippen molar-refractivity contribution in [1.29, 1.82) is 0 Å². The van der Waals surface area contributed by atoms with Crippen molar-refractivity contribution in [1.82, 2.24) is 23.9 Å². The maximum atomic E-state index is 8.58. The third kappa shape index (κ3) is 3.73. The van der Waals surface area contributed by atoms with Crippen LogP contribution in [-0.4, -0.2) is 51.8 Å². The van der Waals surface area contributed by atoms with E-state index in [2.05, 4.69) is 130 Å². The quantitative estimate of drug-likeness (QED) is 0.425. The van der Waals surface area contributed by atoms with Crippen LogP contribution in [0.4, 0.5) is 0 Å². The number of aromatic nitrogens is 1. The number of hydrogen-bond acceptors (Lipinski definition) is 6. The van der Waals surface area contributed by atoms with Crippen LogP contribution in [0.5, 0.6) is 0 Å². The maximum absolute atomic E-state index is 8.58. The molecule has 0 atom stereocenters. The van der Waals surface area contributed by atoms with Gasteiger partial charge in [-0.3, -0.25) is 0 Å². The fourth-order valence-electron chi connectivity index (χ4n) is 6.85. The summed E-state index contributed by atoms with van der Waals surface area (Å²) in [5.41, 5.74) is 3.97. The van der Waals surface area contributed by atoms with Crippen LogP contribution < -0.4 is 0 Å². The standard InChI is InChI=1S/C31H29B4N5S/c1-24-12-13-26-29(41-30-27(31(26,2)3)11-10-19-36-30)28(24)25-14-18-35-39-22-8-5-16-33(39)37-20-7-4-15-32(37)38-21-9-6-17-34(38)40(35)23-25/h4-23H,1-3H3/i1D3. The molecular formula is C31H29B4N5S. The van der Waals surface area contributed by atoms with Gasteiger partial charge in [-0.05, 0) is 78.2 Å². The Morgan fingerprint density at radius 3 is 2.05 bits per heavy atom. The molecule has 1 fully saturated rings. The first-order valence-electron chi connectivity index (χ1n) is 15.6. The summed E-state index contributed by atoms with van der Waals surface area (Å²) in [6.07, 6.45) is 25.2. The van der Waals surface area contributed by atoms with Crippen molar-refractivity contribution in [3.8, 4) is 0 Å². The molecule has 1 aromatic carbocycles. The van der Waals surface area contributed by atoms with Crippen LogP contribution >= 0.6 is 11.8 Å². The lowest BCUT2D eigenvalue weighted by molar-refractivity contribution is 0.597. The Balaban J connectivity index is 1.32. The molecule has 0 saturated carbocycles. The Morgan fingerprint density at radius 2 is 1.39 bits per heavy atom. The van der Waals surface area contributed by atoms with E-state index in [1.54, 1.807) is 11.8 Å². The minimum Gasteiger partial charge on any atom is -0.423 e. The van der Waals surface area contributed by atoms with Gasteiger partial charge in [-0.15, -0.1) is 0 Å². The number of rotatable bonds is 1. The number of fused-ring (bicyclic) bond motifs is 10. The predicted molar refractivity (Wildman–Crippen MR) is 174 cm³/mol. The molecule has 5 nitrogen and oxygen atoms in total. The molecule has 0 bridgehead atoms. The lowest BCUT2D eigenvalue weighted by Gasteiger charge is -2.53. The van der Waals surface area contributed by atoms with Crippen molar-refractivity contribution in [3.63, 3.8) is 0 Å². The molecule has 7 heterocycles. The van der Waals surface area contributed by atoms with Gasteiger partial charge in [-0.25, -0.2) is 4.98 Å². The van der Waals surface area contributed by atoms with Gasteiger partial charge in [-0.1, -0.05) is 92.0 Å². The number of hydrogen-bond donors (Lipinski definition) is 0. The molecule has 1 aromatic heterocycles. The monoisotopic (exact) mass is 550 g/mol. The molecule has 6 aliphatic rings. The molecule has 1 saturated heterocycles. The number of pyridine rings is 1. The van der Waals surface area contributed by atoms with Crippen LogP contribution in [0.3, 0.4) is 0 Å². The fourth-order valence-corrected chi connectivity index (χ4v) is 8.36. The van der Waals surface area contributed by atoms with Crippen LogP contribution in [0.15, 0.2) is 132 Å². The molecule has 6 aliphatic heterocycles. The third-order valence-corrected chi connectivity index (χ3v) is 10.0. The Kier molecular flexibility index (Phi) is 4.95. The van der Waals surface area contributed by atoms with Gasteiger partial charge >= 0.3 is 27.9 Å². The molecule has 10 heteroatoms. The number of nitrogens with zero attached hydrogens (tertiary/aromatic N) is 5. The lowest BCUT2D eigenvalue weighted by Crippen LogP contribution is -2.73. The average molecular weight is 550 g/mol. The van der Waals surface area contributed by atoms with E-state index in [4.69, 9.17) is 9.10 Å². The zero-order valence-electron chi connectivity index (χ0n) is 26.0. The highest BCUT2D eigenvalue weighted by atomic mass is 32.2. The Hall–Kier alpha value is -3.90. The molecule has 0 amide bonds. The van der Waals surface area contributed by atoms with Gasteiger partial charge in [0.1, 0.15) is 5.03 Å². The van der Waals surface area contributed by atoms with Crippen molar-refractivity contribution in [2.45, 2.75) is 36.0 Å². The van der Waals surface area contributed by atoms with Gasteiger partial charge in [-0.2, -0.15) is 0 Å². The molecule has 0 unspecified atom stereocenters. The van der Waals surface area contributed by atoms with E-state index in [0.29, 0.717) is 5.56 Å². The lowest BCUT2D eigenvalue weighted by atomic mass is 9.41. The molecule has 0 spiro atoms. The van der Waals surface area contributed by atoms with Crippen LogP contribution in [-0.2, 0) is 5.41 Å². The Bertz CT molecular complexity index is 1770. The summed E-state index contributed by atoms with van der Waals surface area (Å²) in [5, 5.41) is 0.926. The number of allylic oxidation sites excluding steroid dienone is 8. The molecule has 2 aromatic rings. The minimum absolute atomic E-state index is 0.0000853. The van der Waals surface area contributed by atoms with E-state index in [1.165, 1.54) is 0 Å². The maximum Gasteiger partial charge on any atom is 0.380 e. The summed E-state index contributed by atoms with van der Waals surface area (Å²) < 4.78 is 35.2. The van der Waals surface area contributed by atoms with Crippen molar-refractivity contribution in [2.24, 2.45) is 0 Å². The van der Waals surface area contributed by atoms with Crippen LogP contribution in [0.2, 0.25) is 0 Å². The molecule has 8 rings (SSSR count). The van der Waals surface area contributed by atoms with Crippen LogP contribution in [0.1, 0.15) is 40.2 Å². The van der Waals surface area contributed by atoms with Crippen LogP contribution in [0, 0.1) is 6.85 Å². The Labute approximate surface area is 252 Å². The fraction of sp³-hybridized carbons (Fsp3) is 0.129. The second-order valence-corrected chi connectivity index (χ2v) is 12.5. The van der Waals surface area contributed by atoms with Crippen molar-refractivity contribution >= 4 is 45.3 Å². The molecule has 0 N–H and O–H groups in total. The normalized spacial score (nSPS) is 22.1. The highest BCUT2D eigenvalue weighted by molar-refractivity contribution is 7.99. The van der Waals surface area contributed by atoms with Crippen molar-refractivity contribution in [2.75, 3.05) is 0 Å². The van der Waals surface area contributed by atoms with Crippen molar-refractivity contribution < 1.29 is 4.11 Å².